The molecule has 1 aromatic carbocycles. The Labute approximate surface area is 151 Å². The normalized spacial score (nSPS) is 14.1. The van der Waals surface area contributed by atoms with E-state index in [0.29, 0.717) is 35.9 Å². The summed E-state index contributed by atoms with van der Waals surface area (Å²) in [6.07, 6.45) is 0. The van der Waals surface area contributed by atoms with Gasteiger partial charge in [0.1, 0.15) is 12.4 Å². The van der Waals surface area contributed by atoms with Crippen LogP contribution in [0.2, 0.25) is 0 Å². The topological polar surface area (TPSA) is 93.9 Å². The minimum atomic E-state index is -0.213. The van der Waals surface area contributed by atoms with Crippen molar-refractivity contribution in [2.75, 3.05) is 26.7 Å². The summed E-state index contributed by atoms with van der Waals surface area (Å²) in [4.78, 5) is 25.6. The van der Waals surface area contributed by atoms with Gasteiger partial charge in [0.2, 0.25) is 5.91 Å². The largest absolute Gasteiger partial charge is 0.493 e. The van der Waals surface area contributed by atoms with E-state index in [0.717, 1.165) is 11.3 Å². The Morgan fingerprint density at radius 2 is 2.15 bits per heavy atom. The van der Waals surface area contributed by atoms with E-state index in [-0.39, 0.29) is 25.0 Å². The number of amides is 2. The zero-order valence-corrected chi connectivity index (χ0v) is 15.0. The quantitative estimate of drug-likeness (QED) is 0.868. The molecule has 0 radical (unpaired) electrons. The van der Waals surface area contributed by atoms with Gasteiger partial charge in [-0.2, -0.15) is 0 Å². The lowest BCUT2D eigenvalue weighted by Gasteiger charge is -2.26. The monoisotopic (exact) mass is 359 g/mol. The summed E-state index contributed by atoms with van der Waals surface area (Å²) in [6.45, 7) is 4.97. The molecule has 2 heterocycles. The summed E-state index contributed by atoms with van der Waals surface area (Å²) in [5, 5.41) is 6.60. The maximum Gasteiger partial charge on any atom is 0.254 e. The fourth-order valence-corrected chi connectivity index (χ4v) is 2.77. The Hall–Kier alpha value is -3.03. The van der Waals surface area contributed by atoms with Gasteiger partial charge in [0.25, 0.3) is 5.91 Å². The van der Waals surface area contributed by atoms with Crippen LogP contribution in [0.1, 0.15) is 27.4 Å². The van der Waals surface area contributed by atoms with E-state index in [4.69, 9.17) is 14.0 Å². The molecule has 0 unspecified atom stereocenters. The van der Waals surface area contributed by atoms with Crippen LogP contribution in [0.15, 0.2) is 22.7 Å². The van der Waals surface area contributed by atoms with Crippen molar-refractivity contribution in [3.63, 3.8) is 0 Å². The van der Waals surface area contributed by atoms with Gasteiger partial charge in [0, 0.05) is 18.7 Å². The second kappa shape index (κ2) is 7.47. The smallest absolute Gasteiger partial charge is 0.254 e. The van der Waals surface area contributed by atoms with Crippen LogP contribution in [0.25, 0.3) is 0 Å². The van der Waals surface area contributed by atoms with Crippen LogP contribution in [0.4, 0.5) is 0 Å². The summed E-state index contributed by atoms with van der Waals surface area (Å²) in [7, 11) is 1.51. The number of piperazine rings is 1. The molecule has 3 rings (SSSR count). The predicted octanol–water partition coefficient (Wildman–Crippen LogP) is 1.45. The van der Waals surface area contributed by atoms with Crippen molar-refractivity contribution in [2.24, 2.45) is 0 Å². The number of benzene rings is 1. The molecule has 1 aliphatic rings. The molecule has 138 valence electrons. The second-order valence-electron chi connectivity index (χ2n) is 6.03. The molecule has 1 N–H and O–H groups in total. The molecule has 8 nitrogen and oxygen atoms in total. The van der Waals surface area contributed by atoms with E-state index in [2.05, 4.69) is 10.5 Å². The van der Waals surface area contributed by atoms with Crippen molar-refractivity contribution >= 4 is 11.8 Å². The van der Waals surface area contributed by atoms with Crippen molar-refractivity contribution in [3.8, 4) is 11.5 Å². The maximum absolute atomic E-state index is 12.6. The maximum atomic E-state index is 12.6. The Bertz CT molecular complexity index is 811. The molecule has 8 heteroatoms. The summed E-state index contributed by atoms with van der Waals surface area (Å²) >= 11 is 0. The summed E-state index contributed by atoms with van der Waals surface area (Å²) in [5.74, 6) is 1.30. The molecule has 1 fully saturated rings. The molecule has 0 bridgehead atoms. The lowest BCUT2D eigenvalue weighted by atomic mass is 10.1. The highest BCUT2D eigenvalue weighted by atomic mass is 16.5. The molecule has 1 aromatic heterocycles. The number of ether oxygens (including phenoxy) is 2. The third-order valence-electron chi connectivity index (χ3n) is 4.29. The number of methoxy groups -OCH3 is 1. The fourth-order valence-electron chi connectivity index (χ4n) is 2.77. The van der Waals surface area contributed by atoms with E-state index < -0.39 is 0 Å². The number of aromatic nitrogens is 1. The van der Waals surface area contributed by atoms with Gasteiger partial charge in [-0.1, -0.05) is 5.16 Å². The summed E-state index contributed by atoms with van der Waals surface area (Å²) in [6, 6.07) is 4.98. The highest BCUT2D eigenvalue weighted by Crippen LogP contribution is 2.30. The molecular formula is C18H21N3O5. The SMILES string of the molecule is COc1cc(C(=O)N2CCNC(=O)C2)ccc1OCc1c(C)noc1C. The minimum Gasteiger partial charge on any atom is -0.493 e. The third-order valence-corrected chi connectivity index (χ3v) is 4.29. The Balaban J connectivity index is 1.75. The Morgan fingerprint density at radius 1 is 1.35 bits per heavy atom. The van der Waals surface area contributed by atoms with Crippen LogP contribution in [-0.4, -0.2) is 48.6 Å². The Morgan fingerprint density at radius 3 is 2.81 bits per heavy atom. The second-order valence-corrected chi connectivity index (χ2v) is 6.03. The first kappa shape index (κ1) is 17.8. The average Bonchev–Trinajstić information content (AvgIpc) is 2.97. The van der Waals surface area contributed by atoms with Crippen LogP contribution in [0.3, 0.4) is 0 Å². The van der Waals surface area contributed by atoms with Gasteiger partial charge in [-0.25, -0.2) is 0 Å². The van der Waals surface area contributed by atoms with Gasteiger partial charge >= 0.3 is 0 Å². The van der Waals surface area contributed by atoms with E-state index >= 15 is 0 Å². The number of rotatable bonds is 5. The van der Waals surface area contributed by atoms with E-state index in [1.54, 1.807) is 18.2 Å². The summed E-state index contributed by atoms with van der Waals surface area (Å²) in [5.41, 5.74) is 2.10. The van der Waals surface area contributed by atoms with Gasteiger partial charge in [0.15, 0.2) is 11.5 Å². The predicted molar refractivity (Wildman–Crippen MR) is 92.2 cm³/mol. The molecule has 2 amide bonds. The van der Waals surface area contributed by atoms with Crippen LogP contribution in [-0.2, 0) is 11.4 Å². The molecule has 0 saturated carbocycles. The molecule has 0 spiro atoms. The van der Waals surface area contributed by atoms with E-state index in [1.807, 2.05) is 13.8 Å². The van der Waals surface area contributed by atoms with E-state index in [1.165, 1.54) is 12.0 Å². The lowest BCUT2D eigenvalue weighted by Crippen LogP contribution is -2.49. The lowest BCUT2D eigenvalue weighted by molar-refractivity contribution is -0.123. The Kier molecular flexibility index (Phi) is 5.11. The zero-order chi connectivity index (χ0) is 18.7. The van der Waals surface area contributed by atoms with Crippen molar-refractivity contribution < 1.29 is 23.6 Å². The standard InChI is InChI=1S/C18H21N3O5/c1-11-14(12(2)26-20-11)10-25-15-5-4-13(8-16(15)24-3)18(23)21-7-6-19-17(22)9-21/h4-5,8H,6-7,9-10H2,1-3H3,(H,19,22). The average molecular weight is 359 g/mol. The molecule has 0 aliphatic carbocycles. The van der Waals surface area contributed by atoms with Gasteiger partial charge in [0.05, 0.1) is 24.9 Å². The highest BCUT2D eigenvalue weighted by molar-refractivity contribution is 5.97. The highest BCUT2D eigenvalue weighted by Gasteiger charge is 2.23. The number of hydrogen-bond donors (Lipinski definition) is 1. The zero-order valence-electron chi connectivity index (χ0n) is 15.0. The first-order chi connectivity index (χ1) is 12.5. The molecule has 2 aromatic rings. The molecule has 1 saturated heterocycles. The number of hydrogen-bond acceptors (Lipinski definition) is 6. The van der Waals surface area contributed by atoms with Crippen molar-refractivity contribution in [1.82, 2.24) is 15.4 Å². The fraction of sp³-hybridized carbons (Fsp3) is 0.389. The first-order valence-electron chi connectivity index (χ1n) is 8.28. The molecule has 0 atom stereocenters. The number of nitrogens with one attached hydrogen (secondary N) is 1. The van der Waals surface area contributed by atoms with Crippen LogP contribution in [0, 0.1) is 13.8 Å². The molecular weight excluding hydrogens is 338 g/mol. The van der Waals surface area contributed by atoms with E-state index in [9.17, 15) is 9.59 Å². The van der Waals surface area contributed by atoms with Gasteiger partial charge < -0.3 is 24.2 Å². The van der Waals surface area contributed by atoms with Crippen molar-refractivity contribution in [1.29, 1.82) is 0 Å². The first-order valence-corrected chi connectivity index (χ1v) is 8.28. The molecule has 26 heavy (non-hydrogen) atoms. The van der Waals surface area contributed by atoms with Crippen molar-refractivity contribution in [2.45, 2.75) is 20.5 Å². The van der Waals surface area contributed by atoms with Gasteiger partial charge in [-0.15, -0.1) is 0 Å². The minimum absolute atomic E-state index is 0.0610. The van der Waals surface area contributed by atoms with Crippen molar-refractivity contribution in [3.05, 3.63) is 40.8 Å². The van der Waals surface area contributed by atoms with Crippen LogP contribution in [0.5, 0.6) is 11.5 Å². The third kappa shape index (κ3) is 3.63. The number of aryl methyl sites for hydroxylation is 2. The van der Waals surface area contributed by atoms with Gasteiger partial charge in [-0.3, -0.25) is 9.59 Å². The summed E-state index contributed by atoms with van der Waals surface area (Å²) < 4.78 is 16.3. The van der Waals surface area contributed by atoms with Gasteiger partial charge in [-0.05, 0) is 32.0 Å². The number of nitrogens with zero attached hydrogens (tertiary/aromatic N) is 2. The number of carbonyl (C=O) groups excluding carboxylic acids is 2. The molecule has 1 aliphatic heterocycles. The van der Waals surface area contributed by atoms with Crippen LogP contribution < -0.4 is 14.8 Å². The van der Waals surface area contributed by atoms with Crippen LogP contribution >= 0.6 is 0 Å². The number of carbonyl (C=O) groups is 2.